The van der Waals surface area contributed by atoms with Gasteiger partial charge in [0.1, 0.15) is 23.1 Å². The molecule has 1 amide bonds. The minimum atomic E-state index is -4.44. The zero-order valence-corrected chi connectivity index (χ0v) is 16.3. The van der Waals surface area contributed by atoms with Crippen LogP contribution in [-0.4, -0.2) is 23.7 Å². The number of rotatable bonds is 7. The van der Waals surface area contributed by atoms with Crippen LogP contribution < -0.4 is 14.8 Å². The number of benzene rings is 2. The van der Waals surface area contributed by atoms with Crippen LogP contribution in [0.5, 0.6) is 17.2 Å². The summed E-state index contributed by atoms with van der Waals surface area (Å²) in [6, 6.07) is 14.2. The lowest BCUT2D eigenvalue weighted by atomic mass is 10.1. The van der Waals surface area contributed by atoms with Crippen LogP contribution in [0.4, 0.5) is 17.6 Å². The smallest absolute Gasteiger partial charge is 0.422 e. The molecule has 3 aromatic rings. The fourth-order valence-electron chi connectivity index (χ4n) is 2.59. The van der Waals surface area contributed by atoms with Crippen LogP contribution in [0.25, 0.3) is 0 Å². The molecule has 1 N–H and O–H groups in total. The lowest BCUT2D eigenvalue weighted by molar-refractivity contribution is -0.153. The number of nitrogens with one attached hydrogen (secondary N) is 1. The summed E-state index contributed by atoms with van der Waals surface area (Å²) in [6.07, 6.45) is -3.27. The van der Waals surface area contributed by atoms with Crippen LogP contribution in [0.1, 0.15) is 29.0 Å². The summed E-state index contributed by atoms with van der Waals surface area (Å²) < 4.78 is 59.8. The van der Waals surface area contributed by atoms with Crippen molar-refractivity contribution in [2.75, 3.05) is 6.61 Å². The fraction of sp³-hybridized carbons (Fsp3) is 0.182. The van der Waals surface area contributed by atoms with Gasteiger partial charge in [-0.2, -0.15) is 13.2 Å². The zero-order chi connectivity index (χ0) is 22.4. The molecule has 0 radical (unpaired) electrons. The van der Waals surface area contributed by atoms with Gasteiger partial charge in [-0.05, 0) is 61.5 Å². The molecule has 1 heterocycles. The molecule has 31 heavy (non-hydrogen) atoms. The Labute approximate surface area is 175 Å². The van der Waals surface area contributed by atoms with Gasteiger partial charge in [-0.25, -0.2) is 4.39 Å². The minimum absolute atomic E-state index is 0.0229. The lowest BCUT2D eigenvalue weighted by Gasteiger charge is -2.15. The normalized spacial score (nSPS) is 12.2. The van der Waals surface area contributed by atoms with Crippen molar-refractivity contribution in [3.05, 3.63) is 83.9 Å². The number of carbonyl (C=O) groups is 1. The SMILES string of the molecule is C[C@@H](NC(=O)c1cccc(Oc2ccc(F)cc2)c1)c1ccc(OCC(F)(F)F)cn1. The summed E-state index contributed by atoms with van der Waals surface area (Å²) in [7, 11) is 0. The number of aromatic nitrogens is 1. The number of carbonyl (C=O) groups excluding carboxylic acids is 1. The second kappa shape index (κ2) is 9.46. The average molecular weight is 434 g/mol. The van der Waals surface area contributed by atoms with Crippen LogP contribution in [0, 0.1) is 5.82 Å². The fourth-order valence-corrected chi connectivity index (χ4v) is 2.59. The number of ether oxygens (including phenoxy) is 2. The van der Waals surface area contributed by atoms with Gasteiger partial charge in [-0.3, -0.25) is 9.78 Å². The highest BCUT2D eigenvalue weighted by Gasteiger charge is 2.28. The predicted molar refractivity (Wildman–Crippen MR) is 105 cm³/mol. The number of hydrogen-bond donors (Lipinski definition) is 1. The number of alkyl halides is 3. The van der Waals surface area contributed by atoms with Crippen molar-refractivity contribution in [2.24, 2.45) is 0 Å². The molecule has 0 bridgehead atoms. The van der Waals surface area contributed by atoms with E-state index in [-0.39, 0.29) is 11.6 Å². The van der Waals surface area contributed by atoms with Gasteiger partial charge >= 0.3 is 6.18 Å². The Kier molecular flexibility index (Phi) is 6.74. The van der Waals surface area contributed by atoms with Gasteiger partial charge in [-0.15, -0.1) is 0 Å². The molecule has 0 saturated carbocycles. The maximum atomic E-state index is 13.0. The number of nitrogens with zero attached hydrogens (tertiary/aromatic N) is 1. The first-order valence-corrected chi connectivity index (χ1v) is 9.19. The molecule has 1 atom stereocenters. The Hall–Kier alpha value is -3.62. The largest absolute Gasteiger partial charge is 0.483 e. The second-order valence-electron chi connectivity index (χ2n) is 6.60. The van der Waals surface area contributed by atoms with E-state index in [2.05, 4.69) is 15.0 Å². The molecule has 3 rings (SSSR count). The van der Waals surface area contributed by atoms with Crippen LogP contribution >= 0.6 is 0 Å². The Morgan fingerprint density at radius 2 is 1.74 bits per heavy atom. The van der Waals surface area contributed by atoms with Crippen LogP contribution in [0.2, 0.25) is 0 Å². The van der Waals surface area contributed by atoms with Crippen molar-refractivity contribution in [1.29, 1.82) is 0 Å². The predicted octanol–water partition coefficient (Wildman–Crippen LogP) is 5.45. The maximum absolute atomic E-state index is 13.0. The Balaban J connectivity index is 1.61. The third kappa shape index (κ3) is 6.70. The summed E-state index contributed by atoms with van der Waals surface area (Å²) in [5.74, 6) is 0.0186. The van der Waals surface area contributed by atoms with Gasteiger partial charge in [0.2, 0.25) is 0 Å². The van der Waals surface area contributed by atoms with E-state index in [0.717, 1.165) is 0 Å². The molecule has 1 aromatic heterocycles. The molecule has 9 heteroatoms. The Morgan fingerprint density at radius 1 is 1.03 bits per heavy atom. The van der Waals surface area contributed by atoms with Crippen molar-refractivity contribution in [3.63, 3.8) is 0 Å². The van der Waals surface area contributed by atoms with E-state index in [0.29, 0.717) is 22.8 Å². The van der Waals surface area contributed by atoms with E-state index >= 15 is 0 Å². The molecule has 0 fully saturated rings. The van der Waals surface area contributed by atoms with E-state index in [9.17, 15) is 22.4 Å². The average Bonchev–Trinajstić information content (AvgIpc) is 2.74. The summed E-state index contributed by atoms with van der Waals surface area (Å²) >= 11 is 0. The summed E-state index contributed by atoms with van der Waals surface area (Å²) in [6.45, 7) is 0.284. The first-order valence-electron chi connectivity index (χ1n) is 9.19. The number of halogens is 4. The van der Waals surface area contributed by atoms with Crippen molar-refractivity contribution in [3.8, 4) is 17.2 Å². The molecule has 162 valence electrons. The van der Waals surface area contributed by atoms with Crippen molar-refractivity contribution in [1.82, 2.24) is 10.3 Å². The molecule has 2 aromatic carbocycles. The van der Waals surface area contributed by atoms with Crippen LogP contribution in [0.3, 0.4) is 0 Å². The molecule has 0 spiro atoms. The van der Waals surface area contributed by atoms with Gasteiger partial charge in [0, 0.05) is 5.56 Å². The van der Waals surface area contributed by atoms with Gasteiger partial charge in [0.25, 0.3) is 5.91 Å². The van der Waals surface area contributed by atoms with E-state index < -0.39 is 24.7 Å². The minimum Gasteiger partial charge on any atom is -0.483 e. The monoisotopic (exact) mass is 434 g/mol. The first-order chi connectivity index (χ1) is 14.7. The Bertz CT molecular complexity index is 1020. The van der Waals surface area contributed by atoms with Crippen molar-refractivity contribution < 1.29 is 31.8 Å². The van der Waals surface area contributed by atoms with E-state index in [1.54, 1.807) is 25.1 Å². The highest BCUT2D eigenvalue weighted by atomic mass is 19.4. The molecule has 0 saturated heterocycles. The molecule has 0 aliphatic rings. The molecule has 0 aliphatic carbocycles. The zero-order valence-electron chi connectivity index (χ0n) is 16.3. The number of amides is 1. The molecule has 0 aliphatic heterocycles. The standard InChI is InChI=1S/C22H18F4N2O3/c1-14(20-10-9-19(12-27-20)30-13-22(24,25)26)28-21(29)15-3-2-4-18(11-15)31-17-7-5-16(23)6-8-17/h2-12,14H,13H2,1H3,(H,28,29)/t14-/m1/s1. The third-order valence-electron chi connectivity index (χ3n) is 4.10. The van der Waals surface area contributed by atoms with Crippen LogP contribution in [-0.2, 0) is 0 Å². The van der Waals surface area contributed by atoms with E-state index in [4.69, 9.17) is 4.74 Å². The molecular weight excluding hydrogens is 416 g/mol. The van der Waals surface area contributed by atoms with Crippen molar-refractivity contribution >= 4 is 5.91 Å². The second-order valence-corrected chi connectivity index (χ2v) is 6.60. The number of pyridine rings is 1. The quantitative estimate of drug-likeness (QED) is 0.503. The van der Waals surface area contributed by atoms with Gasteiger partial charge < -0.3 is 14.8 Å². The van der Waals surface area contributed by atoms with Crippen LogP contribution in [0.15, 0.2) is 66.9 Å². The number of hydrogen-bond acceptors (Lipinski definition) is 4. The summed E-state index contributed by atoms with van der Waals surface area (Å²) in [4.78, 5) is 16.6. The topological polar surface area (TPSA) is 60.5 Å². The molecule has 5 nitrogen and oxygen atoms in total. The van der Waals surface area contributed by atoms with Gasteiger partial charge in [-0.1, -0.05) is 6.07 Å². The van der Waals surface area contributed by atoms with Gasteiger partial charge in [0.15, 0.2) is 6.61 Å². The highest BCUT2D eigenvalue weighted by molar-refractivity contribution is 5.94. The maximum Gasteiger partial charge on any atom is 0.422 e. The summed E-state index contributed by atoms with van der Waals surface area (Å²) in [5.41, 5.74) is 0.781. The third-order valence-corrected chi connectivity index (χ3v) is 4.10. The van der Waals surface area contributed by atoms with Crippen molar-refractivity contribution in [2.45, 2.75) is 19.1 Å². The van der Waals surface area contributed by atoms with E-state index in [1.165, 1.54) is 48.7 Å². The summed E-state index contributed by atoms with van der Waals surface area (Å²) in [5, 5.41) is 2.76. The van der Waals surface area contributed by atoms with E-state index in [1.807, 2.05) is 0 Å². The van der Waals surface area contributed by atoms with Gasteiger partial charge in [0.05, 0.1) is 17.9 Å². The molecule has 0 unspecified atom stereocenters. The first kappa shape index (κ1) is 22.1. The Morgan fingerprint density at radius 3 is 2.39 bits per heavy atom. The molecular formula is C22H18F4N2O3. The highest BCUT2D eigenvalue weighted by Crippen LogP contribution is 2.23. The lowest BCUT2D eigenvalue weighted by Crippen LogP contribution is -2.27.